The monoisotopic (exact) mass is 255 g/mol. The quantitative estimate of drug-likeness (QED) is 0.809. The molecule has 14 heavy (non-hydrogen) atoms. The molecular formula is C11H14BrNO. The summed E-state index contributed by atoms with van der Waals surface area (Å²) >= 11 is 3.49. The summed E-state index contributed by atoms with van der Waals surface area (Å²) in [6, 6.07) is 4.17. The van der Waals surface area contributed by atoms with Crippen molar-refractivity contribution in [3.05, 3.63) is 27.7 Å². The van der Waals surface area contributed by atoms with Gasteiger partial charge in [-0.1, -0.05) is 15.9 Å². The van der Waals surface area contributed by atoms with Crippen molar-refractivity contribution in [2.45, 2.75) is 25.8 Å². The van der Waals surface area contributed by atoms with Gasteiger partial charge in [0.25, 0.3) is 0 Å². The van der Waals surface area contributed by atoms with E-state index in [2.05, 4.69) is 21.2 Å². The first-order chi connectivity index (χ1) is 6.68. The van der Waals surface area contributed by atoms with Crippen molar-refractivity contribution in [3.8, 4) is 5.75 Å². The molecular weight excluding hydrogens is 242 g/mol. The third kappa shape index (κ3) is 1.79. The van der Waals surface area contributed by atoms with Crippen LogP contribution in [-0.4, -0.2) is 11.7 Å². The fraction of sp³-hybridized carbons (Fsp3) is 0.455. The first-order valence-corrected chi connectivity index (χ1v) is 5.70. The van der Waals surface area contributed by atoms with E-state index in [1.807, 2.05) is 19.1 Å². The molecule has 1 unspecified atom stereocenters. The molecule has 1 heterocycles. The average Bonchev–Trinajstić information content (AvgIpc) is 2.64. The Morgan fingerprint density at radius 3 is 2.93 bits per heavy atom. The van der Waals surface area contributed by atoms with Crippen LogP contribution in [0.15, 0.2) is 16.6 Å². The topological polar surface area (TPSA) is 32.3 Å². The molecule has 0 aromatic heterocycles. The molecule has 1 fully saturated rings. The Labute approximate surface area is 92.5 Å². The molecule has 0 aliphatic carbocycles. The lowest BCUT2D eigenvalue weighted by molar-refractivity contribution is 0.456. The van der Waals surface area contributed by atoms with Gasteiger partial charge < -0.3 is 10.4 Å². The lowest BCUT2D eigenvalue weighted by atomic mass is 10.0. The fourth-order valence-corrected chi connectivity index (χ4v) is 2.27. The molecule has 1 aromatic carbocycles. The lowest BCUT2D eigenvalue weighted by Gasteiger charge is -2.14. The highest BCUT2D eigenvalue weighted by Gasteiger charge is 2.19. The maximum atomic E-state index is 9.82. The van der Waals surface area contributed by atoms with E-state index in [9.17, 15) is 5.11 Å². The zero-order valence-electron chi connectivity index (χ0n) is 8.18. The van der Waals surface area contributed by atoms with Gasteiger partial charge in [-0.25, -0.2) is 0 Å². The van der Waals surface area contributed by atoms with Gasteiger partial charge in [0, 0.05) is 16.1 Å². The lowest BCUT2D eigenvalue weighted by Crippen LogP contribution is -2.13. The van der Waals surface area contributed by atoms with Crippen LogP contribution in [0.4, 0.5) is 0 Å². The number of hydrogen-bond acceptors (Lipinski definition) is 2. The van der Waals surface area contributed by atoms with Crippen LogP contribution in [0.1, 0.15) is 30.0 Å². The van der Waals surface area contributed by atoms with Crippen molar-refractivity contribution >= 4 is 15.9 Å². The second kappa shape index (κ2) is 3.91. The van der Waals surface area contributed by atoms with Crippen LogP contribution in [0.5, 0.6) is 5.75 Å². The van der Waals surface area contributed by atoms with Crippen LogP contribution in [0, 0.1) is 6.92 Å². The number of hydrogen-bond donors (Lipinski definition) is 2. The summed E-state index contributed by atoms with van der Waals surface area (Å²) in [6.45, 7) is 3.03. The van der Waals surface area contributed by atoms with E-state index in [1.54, 1.807) is 0 Å². The standard InChI is InChI=1S/C11H14BrNO/c1-7-5-11(14)8(6-9(7)12)10-3-2-4-13-10/h5-6,10,13-14H,2-4H2,1H3. The van der Waals surface area contributed by atoms with Gasteiger partial charge in [0.2, 0.25) is 0 Å². The summed E-state index contributed by atoms with van der Waals surface area (Å²) in [5.41, 5.74) is 2.09. The maximum absolute atomic E-state index is 9.82. The summed E-state index contributed by atoms with van der Waals surface area (Å²) in [6.07, 6.45) is 2.30. The van der Waals surface area contributed by atoms with Crippen LogP contribution in [0.25, 0.3) is 0 Å². The first kappa shape index (κ1) is 9.99. The second-order valence-electron chi connectivity index (χ2n) is 3.81. The molecule has 1 atom stereocenters. The molecule has 2 nitrogen and oxygen atoms in total. The van der Waals surface area contributed by atoms with E-state index in [0.29, 0.717) is 11.8 Å². The number of halogens is 1. The Morgan fingerprint density at radius 2 is 2.29 bits per heavy atom. The van der Waals surface area contributed by atoms with Gasteiger partial charge in [-0.3, -0.25) is 0 Å². The number of aromatic hydroxyl groups is 1. The van der Waals surface area contributed by atoms with Crippen LogP contribution in [0.3, 0.4) is 0 Å². The highest BCUT2D eigenvalue weighted by molar-refractivity contribution is 9.10. The summed E-state index contributed by atoms with van der Waals surface area (Å²) < 4.78 is 1.07. The van der Waals surface area contributed by atoms with Crippen molar-refractivity contribution in [1.82, 2.24) is 5.32 Å². The SMILES string of the molecule is Cc1cc(O)c(C2CCCN2)cc1Br. The van der Waals surface area contributed by atoms with Crippen LogP contribution < -0.4 is 5.32 Å². The van der Waals surface area contributed by atoms with Crippen molar-refractivity contribution in [3.63, 3.8) is 0 Å². The fourth-order valence-electron chi connectivity index (χ4n) is 1.91. The molecule has 0 saturated carbocycles. The Bertz CT molecular complexity index is 345. The molecule has 76 valence electrons. The summed E-state index contributed by atoms with van der Waals surface area (Å²) in [7, 11) is 0. The molecule has 3 heteroatoms. The highest BCUT2D eigenvalue weighted by Crippen LogP contribution is 2.34. The van der Waals surface area contributed by atoms with Crippen molar-refractivity contribution in [2.75, 3.05) is 6.54 Å². The van der Waals surface area contributed by atoms with Gasteiger partial charge in [0.15, 0.2) is 0 Å². The van der Waals surface area contributed by atoms with Crippen LogP contribution >= 0.6 is 15.9 Å². The molecule has 2 rings (SSSR count). The van der Waals surface area contributed by atoms with Crippen LogP contribution in [0.2, 0.25) is 0 Å². The minimum Gasteiger partial charge on any atom is -0.508 e. The van der Waals surface area contributed by atoms with E-state index < -0.39 is 0 Å². The van der Waals surface area contributed by atoms with Gasteiger partial charge in [0.05, 0.1) is 0 Å². The predicted molar refractivity (Wildman–Crippen MR) is 60.5 cm³/mol. The summed E-state index contributed by atoms with van der Waals surface area (Å²) in [5.74, 6) is 0.408. The number of benzene rings is 1. The number of phenolic OH excluding ortho intramolecular Hbond substituents is 1. The zero-order chi connectivity index (χ0) is 10.1. The highest BCUT2D eigenvalue weighted by atomic mass is 79.9. The smallest absolute Gasteiger partial charge is 0.120 e. The van der Waals surface area contributed by atoms with Crippen molar-refractivity contribution < 1.29 is 5.11 Å². The molecule has 0 spiro atoms. The van der Waals surface area contributed by atoms with Gasteiger partial charge in [-0.2, -0.15) is 0 Å². The molecule has 1 aliphatic heterocycles. The maximum Gasteiger partial charge on any atom is 0.120 e. The molecule has 0 radical (unpaired) electrons. The average molecular weight is 256 g/mol. The Balaban J connectivity index is 2.37. The molecule has 1 saturated heterocycles. The predicted octanol–water partition coefficient (Wildman–Crippen LogP) is 2.89. The third-order valence-corrected chi connectivity index (χ3v) is 3.60. The first-order valence-electron chi connectivity index (χ1n) is 4.91. The van der Waals surface area contributed by atoms with Gasteiger partial charge in [0.1, 0.15) is 5.75 Å². The van der Waals surface area contributed by atoms with Crippen molar-refractivity contribution in [1.29, 1.82) is 0 Å². The number of rotatable bonds is 1. The van der Waals surface area contributed by atoms with E-state index in [1.165, 1.54) is 6.42 Å². The van der Waals surface area contributed by atoms with Crippen LogP contribution in [-0.2, 0) is 0 Å². The number of aryl methyl sites for hydroxylation is 1. The minimum absolute atomic E-state index is 0.326. The molecule has 0 bridgehead atoms. The number of nitrogens with one attached hydrogen (secondary N) is 1. The Hall–Kier alpha value is -0.540. The van der Waals surface area contributed by atoms with Crippen molar-refractivity contribution in [2.24, 2.45) is 0 Å². The molecule has 0 amide bonds. The zero-order valence-corrected chi connectivity index (χ0v) is 9.76. The Morgan fingerprint density at radius 1 is 1.50 bits per heavy atom. The molecule has 1 aliphatic rings. The normalized spacial score (nSPS) is 21.4. The van der Waals surface area contributed by atoms with Gasteiger partial charge >= 0.3 is 0 Å². The van der Waals surface area contributed by atoms with E-state index >= 15 is 0 Å². The van der Waals surface area contributed by atoms with Gasteiger partial charge in [-0.05, 0) is 44.0 Å². The van der Waals surface area contributed by atoms with E-state index in [0.717, 1.165) is 28.6 Å². The molecule has 2 N–H and O–H groups in total. The second-order valence-corrected chi connectivity index (χ2v) is 4.66. The summed E-state index contributed by atoms with van der Waals surface area (Å²) in [5, 5.41) is 13.2. The van der Waals surface area contributed by atoms with E-state index in [-0.39, 0.29) is 0 Å². The minimum atomic E-state index is 0.326. The number of phenols is 1. The third-order valence-electron chi connectivity index (χ3n) is 2.74. The Kier molecular flexibility index (Phi) is 2.79. The summed E-state index contributed by atoms with van der Waals surface area (Å²) in [4.78, 5) is 0. The van der Waals surface area contributed by atoms with E-state index in [4.69, 9.17) is 0 Å². The molecule has 1 aromatic rings. The van der Waals surface area contributed by atoms with Gasteiger partial charge in [-0.15, -0.1) is 0 Å². The largest absolute Gasteiger partial charge is 0.508 e.